The van der Waals surface area contributed by atoms with Crippen LogP contribution in [-0.2, 0) is 0 Å². The van der Waals surface area contributed by atoms with Gasteiger partial charge in [-0.25, -0.2) is 0 Å². The number of aromatic nitrogens is 1. The van der Waals surface area contributed by atoms with Gasteiger partial charge < -0.3 is 8.98 Å². The molecule has 0 radical (unpaired) electrons. The van der Waals surface area contributed by atoms with Crippen molar-refractivity contribution < 1.29 is 4.42 Å². The zero-order valence-electron chi connectivity index (χ0n) is 21.9. The van der Waals surface area contributed by atoms with Crippen molar-refractivity contribution in [2.45, 2.75) is 0 Å². The molecule has 170 valence electrons. The zero-order valence-corrected chi connectivity index (χ0v) is 21.9. The molecule has 2 aromatic heterocycles. The number of rotatable bonds is 2. The lowest BCUT2D eigenvalue weighted by atomic mass is 9.59. The second-order valence-corrected chi connectivity index (χ2v) is 10.3. The minimum atomic E-state index is 0.919. The van der Waals surface area contributed by atoms with Gasteiger partial charge in [-0.1, -0.05) is 59.5 Å². The van der Waals surface area contributed by atoms with Gasteiger partial charge in [-0.3, -0.25) is 0 Å². The van der Waals surface area contributed by atoms with Crippen LogP contribution in [0.1, 0.15) is 0 Å². The fraction of sp³-hybridized carbons (Fsp3) is 0. The molecule has 7 aromatic rings. The zero-order chi connectivity index (χ0) is 25.4. The summed E-state index contributed by atoms with van der Waals surface area (Å²) in [6.45, 7) is 0. The first kappa shape index (κ1) is 22.2. The SMILES string of the molecule is Bc1c(B)c(B)c(-c2cccc3oc4ccc(-n5c6ccccc6c6ccccc65)cc4c23)c(B)c1B. The van der Waals surface area contributed by atoms with Crippen molar-refractivity contribution >= 4 is 110 Å². The molecule has 0 spiro atoms. The van der Waals surface area contributed by atoms with E-state index >= 15 is 0 Å². The van der Waals surface area contributed by atoms with E-state index in [9.17, 15) is 0 Å². The normalized spacial score (nSPS) is 11.8. The van der Waals surface area contributed by atoms with E-state index in [1.54, 1.807) is 0 Å². The summed E-state index contributed by atoms with van der Waals surface area (Å²) in [7, 11) is 11.2. The highest BCUT2D eigenvalue weighted by atomic mass is 16.3. The number of hydrogen-bond donors (Lipinski definition) is 0. The second-order valence-electron chi connectivity index (χ2n) is 10.3. The van der Waals surface area contributed by atoms with Crippen molar-refractivity contribution in [2.24, 2.45) is 0 Å². The van der Waals surface area contributed by atoms with Crippen molar-refractivity contribution in [3.05, 3.63) is 84.9 Å². The van der Waals surface area contributed by atoms with Crippen molar-refractivity contribution in [1.82, 2.24) is 4.57 Å². The molecule has 2 heterocycles. The van der Waals surface area contributed by atoms with Gasteiger partial charge in [0.1, 0.15) is 50.4 Å². The fourth-order valence-electron chi connectivity index (χ4n) is 6.27. The van der Waals surface area contributed by atoms with Gasteiger partial charge >= 0.3 is 0 Å². The number of nitrogens with zero attached hydrogens (tertiary/aromatic N) is 1. The Bertz CT molecular complexity index is 1970. The third-order valence-electron chi connectivity index (χ3n) is 8.59. The maximum absolute atomic E-state index is 6.42. The predicted molar refractivity (Wildman–Crippen MR) is 174 cm³/mol. The molecule has 0 amide bonds. The monoisotopic (exact) mass is 469 g/mol. The molecule has 0 saturated heterocycles. The quantitative estimate of drug-likeness (QED) is 0.317. The lowest BCUT2D eigenvalue weighted by Gasteiger charge is -2.21. The highest BCUT2D eigenvalue weighted by Crippen LogP contribution is 2.38. The smallest absolute Gasteiger partial charge is 0.139 e. The second kappa shape index (κ2) is 8.01. The van der Waals surface area contributed by atoms with Crippen LogP contribution >= 0.6 is 0 Å². The van der Waals surface area contributed by atoms with E-state index in [0.29, 0.717) is 0 Å². The highest BCUT2D eigenvalue weighted by molar-refractivity contribution is 6.68. The number of furan rings is 1. The van der Waals surface area contributed by atoms with Gasteiger partial charge in [0.15, 0.2) is 0 Å². The molecule has 7 heteroatoms. The summed E-state index contributed by atoms with van der Waals surface area (Å²) in [5, 5.41) is 4.88. The molecule has 0 fully saturated rings. The molecule has 2 nitrogen and oxygen atoms in total. The molecule has 0 aliphatic carbocycles. The summed E-state index contributed by atoms with van der Waals surface area (Å²) in [5.74, 6) is 0. The Morgan fingerprint density at radius 1 is 0.514 bits per heavy atom. The van der Waals surface area contributed by atoms with Gasteiger partial charge in [-0.15, -0.1) is 16.4 Å². The van der Waals surface area contributed by atoms with Crippen molar-refractivity contribution in [1.29, 1.82) is 0 Å². The van der Waals surface area contributed by atoms with E-state index in [2.05, 4.69) is 129 Å². The van der Waals surface area contributed by atoms with Gasteiger partial charge in [0.2, 0.25) is 0 Å². The molecule has 7 rings (SSSR count). The molecule has 0 unspecified atom stereocenters. The van der Waals surface area contributed by atoms with E-state index in [-0.39, 0.29) is 0 Å². The minimum absolute atomic E-state index is 0.919. The highest BCUT2D eigenvalue weighted by Gasteiger charge is 2.19. The van der Waals surface area contributed by atoms with Crippen LogP contribution < -0.4 is 27.3 Å². The first-order valence-electron chi connectivity index (χ1n) is 13.0. The molecule has 37 heavy (non-hydrogen) atoms. The Balaban J connectivity index is 1.58. The molecular formula is C30H24B5NO. The first-order valence-corrected chi connectivity index (χ1v) is 13.0. The van der Waals surface area contributed by atoms with E-state index in [0.717, 1.165) is 22.2 Å². The first-order chi connectivity index (χ1) is 18.0. The fourth-order valence-corrected chi connectivity index (χ4v) is 6.27. The van der Waals surface area contributed by atoms with Gasteiger partial charge in [0, 0.05) is 27.2 Å². The molecule has 5 aromatic carbocycles. The molecule has 0 bridgehead atoms. The van der Waals surface area contributed by atoms with Crippen molar-refractivity contribution in [3.8, 4) is 16.8 Å². The number of fused-ring (bicyclic) bond motifs is 6. The standard InChI is InChI=1S/C30H24B5NO/c31-26-25(27(32)29(34)30(35)28(26)33)18-8-5-11-23-24(18)19-14-15(12-13-22(19)37-23)36-20-9-3-1-6-16(20)17-7-2-4-10-21(17)36/h1-14H,31-35H2. The maximum atomic E-state index is 6.42. The van der Waals surface area contributed by atoms with E-state index in [1.165, 1.54) is 65.6 Å². The summed E-state index contributed by atoms with van der Waals surface area (Å²) < 4.78 is 8.79. The number of benzene rings is 5. The largest absolute Gasteiger partial charge is 0.456 e. The molecule has 0 aliphatic heterocycles. The Labute approximate surface area is 220 Å². The van der Waals surface area contributed by atoms with E-state index in [1.807, 2.05) is 0 Å². The Morgan fingerprint density at radius 3 is 1.76 bits per heavy atom. The maximum Gasteiger partial charge on any atom is 0.139 e. The average molecular weight is 469 g/mol. The third kappa shape index (κ3) is 3.07. The third-order valence-corrected chi connectivity index (χ3v) is 8.59. The molecule has 0 aliphatic rings. The van der Waals surface area contributed by atoms with Crippen LogP contribution in [0.15, 0.2) is 89.3 Å². The topological polar surface area (TPSA) is 18.1 Å². The minimum Gasteiger partial charge on any atom is -0.456 e. The van der Waals surface area contributed by atoms with Crippen LogP contribution in [0.3, 0.4) is 0 Å². The van der Waals surface area contributed by atoms with Crippen molar-refractivity contribution in [2.75, 3.05) is 0 Å². The summed E-state index contributed by atoms with van der Waals surface area (Å²) in [5.41, 5.74) is 14.8. The lowest BCUT2D eigenvalue weighted by molar-refractivity contribution is 0.669. The van der Waals surface area contributed by atoms with Crippen LogP contribution in [-0.4, -0.2) is 43.8 Å². The van der Waals surface area contributed by atoms with E-state index < -0.39 is 0 Å². The predicted octanol–water partition coefficient (Wildman–Crippen LogP) is -0.358. The van der Waals surface area contributed by atoms with Crippen LogP contribution in [0.25, 0.3) is 60.6 Å². The van der Waals surface area contributed by atoms with Crippen LogP contribution in [0.4, 0.5) is 0 Å². The van der Waals surface area contributed by atoms with E-state index in [4.69, 9.17) is 4.42 Å². The van der Waals surface area contributed by atoms with Crippen molar-refractivity contribution in [3.63, 3.8) is 0 Å². The van der Waals surface area contributed by atoms with Crippen LogP contribution in [0.5, 0.6) is 0 Å². The van der Waals surface area contributed by atoms with Gasteiger partial charge in [-0.05, 0) is 47.5 Å². The van der Waals surface area contributed by atoms with Crippen LogP contribution in [0.2, 0.25) is 0 Å². The number of para-hydroxylation sites is 2. The Kier molecular flexibility index (Phi) is 4.82. The van der Waals surface area contributed by atoms with Gasteiger partial charge in [0.25, 0.3) is 0 Å². The summed E-state index contributed by atoms with van der Waals surface area (Å²) in [4.78, 5) is 0. The Hall–Kier alpha value is -3.98. The van der Waals surface area contributed by atoms with Crippen LogP contribution in [0, 0.1) is 0 Å². The Morgan fingerprint density at radius 2 is 1.11 bits per heavy atom. The summed E-state index contributed by atoms with van der Waals surface area (Å²) >= 11 is 0. The summed E-state index contributed by atoms with van der Waals surface area (Å²) in [6, 6.07) is 30.4. The number of hydrogen-bond acceptors (Lipinski definition) is 1. The van der Waals surface area contributed by atoms with Gasteiger partial charge in [-0.2, -0.15) is 0 Å². The molecule has 0 saturated carbocycles. The lowest BCUT2D eigenvalue weighted by Crippen LogP contribution is -2.55. The molecule has 0 atom stereocenters. The average Bonchev–Trinajstić information content (AvgIpc) is 3.46. The van der Waals surface area contributed by atoms with Gasteiger partial charge in [0.05, 0.1) is 11.0 Å². The summed E-state index contributed by atoms with van der Waals surface area (Å²) in [6.07, 6.45) is 0. The molecule has 0 N–H and O–H groups in total. The molecular weight excluding hydrogens is 444 g/mol.